The summed E-state index contributed by atoms with van der Waals surface area (Å²) in [4.78, 5) is 33.6. The second-order valence-corrected chi connectivity index (χ2v) is 9.57. The highest BCUT2D eigenvalue weighted by molar-refractivity contribution is 8.00. The van der Waals surface area contributed by atoms with Gasteiger partial charge in [-0.1, -0.05) is 30.8 Å². The van der Waals surface area contributed by atoms with Gasteiger partial charge in [-0.15, -0.1) is 0 Å². The molecule has 2 aromatic carbocycles. The minimum Gasteiger partial charge on any atom is -0.497 e. The Morgan fingerprint density at radius 3 is 2.53 bits per heavy atom. The number of carbonyl (C=O) groups excluding carboxylic acids is 1. The fourth-order valence-electron chi connectivity index (χ4n) is 4.31. The Hall–Kier alpha value is -3.20. The number of nitrogens with zero attached hydrogens (tertiary/aromatic N) is 3. The fraction of sp³-hybridized carbons (Fsp3) is 0.400. The third-order valence-corrected chi connectivity index (χ3v) is 7.57. The van der Waals surface area contributed by atoms with E-state index >= 15 is 0 Å². The molecular weight excluding hydrogens is 454 g/mol. The Kier molecular flexibility index (Phi) is 6.36. The molecule has 1 aromatic heterocycles. The summed E-state index contributed by atoms with van der Waals surface area (Å²) >= 11 is 1.36. The van der Waals surface area contributed by atoms with Gasteiger partial charge in [0.25, 0.3) is 5.56 Å². The van der Waals surface area contributed by atoms with Crippen LogP contribution < -0.4 is 19.8 Å². The third-order valence-electron chi connectivity index (χ3n) is 6.22. The summed E-state index contributed by atoms with van der Waals surface area (Å²) in [5.74, 6) is 1.97. The van der Waals surface area contributed by atoms with Crippen molar-refractivity contribution in [3.05, 3.63) is 52.3 Å². The topological polar surface area (TPSA) is 82.9 Å². The van der Waals surface area contributed by atoms with Crippen molar-refractivity contribution in [2.24, 2.45) is 0 Å². The zero-order valence-corrected chi connectivity index (χ0v) is 20.1. The largest absolute Gasteiger partial charge is 0.497 e. The maximum atomic E-state index is 13.7. The van der Waals surface area contributed by atoms with Crippen LogP contribution in [0.1, 0.15) is 31.7 Å². The van der Waals surface area contributed by atoms with E-state index in [0.717, 1.165) is 37.2 Å². The lowest BCUT2D eigenvalue weighted by Crippen LogP contribution is -2.36. The minimum absolute atomic E-state index is 0.112. The van der Waals surface area contributed by atoms with E-state index in [1.54, 1.807) is 23.8 Å². The van der Waals surface area contributed by atoms with E-state index in [9.17, 15) is 9.59 Å². The van der Waals surface area contributed by atoms with Gasteiger partial charge in [-0.05, 0) is 43.0 Å². The molecule has 1 atom stereocenters. The van der Waals surface area contributed by atoms with Crippen molar-refractivity contribution in [1.82, 2.24) is 14.5 Å². The zero-order chi connectivity index (χ0) is 23.7. The predicted molar refractivity (Wildman–Crippen MR) is 130 cm³/mol. The van der Waals surface area contributed by atoms with Gasteiger partial charge in [0.05, 0.1) is 29.8 Å². The first-order valence-electron chi connectivity index (χ1n) is 11.5. The highest BCUT2D eigenvalue weighted by Crippen LogP contribution is 2.36. The maximum absolute atomic E-state index is 13.7. The smallest absolute Gasteiger partial charge is 0.262 e. The average molecular weight is 482 g/mol. The summed E-state index contributed by atoms with van der Waals surface area (Å²) in [6.45, 7) is 4.04. The van der Waals surface area contributed by atoms with E-state index in [1.807, 2.05) is 36.1 Å². The van der Waals surface area contributed by atoms with Gasteiger partial charge >= 0.3 is 0 Å². The molecular formula is C25H27N3O5S. The number of benzene rings is 2. The van der Waals surface area contributed by atoms with Gasteiger partial charge in [0, 0.05) is 19.2 Å². The van der Waals surface area contributed by atoms with Crippen molar-refractivity contribution < 1.29 is 19.0 Å². The molecule has 0 aliphatic carbocycles. The molecule has 0 radical (unpaired) electrons. The normalized spacial score (nSPS) is 15.6. The van der Waals surface area contributed by atoms with Gasteiger partial charge in [0.15, 0.2) is 16.7 Å². The molecule has 8 nitrogen and oxygen atoms in total. The molecule has 3 aromatic rings. The van der Waals surface area contributed by atoms with Crippen molar-refractivity contribution in [3.8, 4) is 17.2 Å². The number of hydrogen-bond acceptors (Lipinski definition) is 7. The van der Waals surface area contributed by atoms with Crippen LogP contribution in [0.4, 0.5) is 0 Å². The second-order valence-electron chi connectivity index (χ2n) is 8.40. The molecule has 9 heteroatoms. The fourth-order valence-corrected chi connectivity index (χ4v) is 5.41. The Morgan fingerprint density at radius 2 is 1.85 bits per heavy atom. The summed E-state index contributed by atoms with van der Waals surface area (Å²) in [6.07, 6.45) is 2.73. The molecule has 0 unspecified atom stereocenters. The van der Waals surface area contributed by atoms with Gasteiger partial charge in [0.2, 0.25) is 12.7 Å². The van der Waals surface area contributed by atoms with Crippen molar-refractivity contribution in [2.75, 3.05) is 27.0 Å². The molecule has 0 spiro atoms. The number of thioether (sulfide) groups is 1. The van der Waals surface area contributed by atoms with Gasteiger partial charge in [-0.25, -0.2) is 4.98 Å². The van der Waals surface area contributed by atoms with Crippen LogP contribution in [0.3, 0.4) is 0 Å². The van der Waals surface area contributed by atoms with Crippen LogP contribution in [0.2, 0.25) is 0 Å². The number of hydrogen-bond donors (Lipinski definition) is 0. The number of methoxy groups -OCH3 is 1. The number of likely N-dealkylation sites (tertiary alicyclic amines) is 1. The van der Waals surface area contributed by atoms with Gasteiger partial charge in [-0.2, -0.15) is 0 Å². The molecule has 3 heterocycles. The van der Waals surface area contributed by atoms with E-state index in [2.05, 4.69) is 0 Å². The summed E-state index contributed by atoms with van der Waals surface area (Å²) in [5, 5.41) is 0.672. The Bertz CT molecular complexity index is 1270. The number of amides is 1. The van der Waals surface area contributed by atoms with E-state index in [1.165, 1.54) is 11.8 Å². The molecule has 5 rings (SSSR count). The quantitative estimate of drug-likeness (QED) is 0.376. The Balaban J connectivity index is 1.57. The zero-order valence-electron chi connectivity index (χ0n) is 19.3. The van der Waals surface area contributed by atoms with Gasteiger partial charge < -0.3 is 19.1 Å². The standard InChI is InChI=1S/C25H27N3O5S/c1-3-22(24(30)27-10-4-5-11-27)34-25-26-19-13-21-20(32-15-33-21)12-18(19)23(29)28(25)14-16-6-8-17(31-2)9-7-16/h6-9,12-13,22H,3-5,10-11,14-15H2,1-2H3/t22-/m1/s1. The van der Waals surface area contributed by atoms with E-state index in [0.29, 0.717) is 40.5 Å². The molecule has 1 fully saturated rings. The van der Waals surface area contributed by atoms with Crippen LogP contribution in [-0.4, -0.2) is 52.6 Å². The molecule has 2 aliphatic rings. The van der Waals surface area contributed by atoms with E-state index in [-0.39, 0.29) is 23.5 Å². The number of carbonyl (C=O) groups is 1. The lowest BCUT2D eigenvalue weighted by atomic mass is 10.2. The van der Waals surface area contributed by atoms with E-state index < -0.39 is 0 Å². The highest BCUT2D eigenvalue weighted by Gasteiger charge is 2.28. The van der Waals surface area contributed by atoms with Crippen LogP contribution >= 0.6 is 11.8 Å². The van der Waals surface area contributed by atoms with Crippen LogP contribution in [0.15, 0.2) is 46.3 Å². The Labute approximate surface area is 201 Å². The molecule has 2 aliphatic heterocycles. The summed E-state index contributed by atoms with van der Waals surface area (Å²) in [5.41, 5.74) is 1.29. The van der Waals surface area contributed by atoms with Crippen molar-refractivity contribution in [2.45, 2.75) is 43.1 Å². The van der Waals surface area contributed by atoms with Crippen molar-refractivity contribution in [3.63, 3.8) is 0 Å². The number of fused-ring (bicyclic) bond motifs is 2. The average Bonchev–Trinajstić information content (AvgIpc) is 3.56. The molecule has 0 bridgehead atoms. The molecule has 1 amide bonds. The first kappa shape index (κ1) is 22.6. The lowest BCUT2D eigenvalue weighted by Gasteiger charge is -2.23. The maximum Gasteiger partial charge on any atom is 0.262 e. The first-order valence-corrected chi connectivity index (χ1v) is 12.4. The van der Waals surface area contributed by atoms with Gasteiger partial charge in [-0.3, -0.25) is 14.2 Å². The second kappa shape index (κ2) is 9.58. The monoisotopic (exact) mass is 481 g/mol. The molecule has 1 saturated heterocycles. The molecule has 34 heavy (non-hydrogen) atoms. The third kappa shape index (κ3) is 4.32. The Morgan fingerprint density at radius 1 is 1.15 bits per heavy atom. The van der Waals surface area contributed by atoms with Crippen molar-refractivity contribution >= 4 is 28.6 Å². The van der Waals surface area contributed by atoms with Crippen molar-refractivity contribution in [1.29, 1.82) is 0 Å². The number of aromatic nitrogens is 2. The number of rotatable bonds is 7. The van der Waals surface area contributed by atoms with Crippen LogP contribution in [0.5, 0.6) is 17.2 Å². The summed E-state index contributed by atoms with van der Waals surface area (Å²) in [7, 11) is 1.62. The van der Waals surface area contributed by atoms with Gasteiger partial charge in [0.1, 0.15) is 5.75 Å². The predicted octanol–water partition coefficient (Wildman–Crippen LogP) is 3.68. The lowest BCUT2D eigenvalue weighted by molar-refractivity contribution is -0.129. The van der Waals surface area contributed by atoms with Crippen LogP contribution in [-0.2, 0) is 11.3 Å². The van der Waals surface area contributed by atoms with Crippen LogP contribution in [0, 0.1) is 0 Å². The number of ether oxygens (including phenoxy) is 3. The molecule has 0 N–H and O–H groups in total. The molecule has 178 valence electrons. The highest BCUT2D eigenvalue weighted by atomic mass is 32.2. The summed E-state index contributed by atoms with van der Waals surface area (Å²) < 4.78 is 17.9. The minimum atomic E-state index is -0.307. The SMILES string of the molecule is CC[C@@H](Sc1nc2cc3c(cc2c(=O)n1Cc1ccc(OC)cc1)OCO3)C(=O)N1CCCC1. The van der Waals surface area contributed by atoms with Crippen LogP contribution in [0.25, 0.3) is 10.9 Å². The first-order chi connectivity index (χ1) is 16.6. The summed E-state index contributed by atoms with van der Waals surface area (Å²) in [6, 6.07) is 11.0. The molecule has 0 saturated carbocycles. The van der Waals surface area contributed by atoms with E-state index in [4.69, 9.17) is 19.2 Å².